The van der Waals surface area contributed by atoms with Crippen LogP contribution in [0.5, 0.6) is 0 Å². The van der Waals surface area contributed by atoms with Crippen LogP contribution in [0.2, 0.25) is 0 Å². The van der Waals surface area contributed by atoms with Gasteiger partial charge >= 0.3 is 0 Å². The number of fused-ring (bicyclic) bond motifs is 1. The number of halogens is 1. The summed E-state index contributed by atoms with van der Waals surface area (Å²) in [5.41, 5.74) is 1.89. The maximum Gasteiger partial charge on any atom is 0.294 e. The molecule has 1 amide bonds. The lowest BCUT2D eigenvalue weighted by Crippen LogP contribution is -2.33. The highest BCUT2D eigenvalue weighted by Gasteiger charge is 2.20. The van der Waals surface area contributed by atoms with E-state index < -0.39 is 0 Å². The van der Waals surface area contributed by atoms with Gasteiger partial charge in [-0.15, -0.1) is 0 Å². The zero-order valence-electron chi connectivity index (χ0n) is 16.8. The minimum absolute atomic E-state index is 0.158. The second-order valence-electron chi connectivity index (χ2n) is 7.52. The summed E-state index contributed by atoms with van der Waals surface area (Å²) in [5, 5.41) is 2.82. The lowest BCUT2D eigenvalue weighted by Gasteiger charge is -2.19. The van der Waals surface area contributed by atoms with Crippen molar-refractivity contribution in [1.29, 1.82) is 0 Å². The summed E-state index contributed by atoms with van der Waals surface area (Å²) in [4.78, 5) is 32.1. The van der Waals surface area contributed by atoms with E-state index in [1.54, 1.807) is 22.8 Å². The Morgan fingerprint density at radius 3 is 2.60 bits per heavy atom. The van der Waals surface area contributed by atoms with Crippen molar-refractivity contribution in [2.45, 2.75) is 32.2 Å². The number of aryl methyl sites for hydroxylation is 1. The van der Waals surface area contributed by atoms with Crippen LogP contribution >= 0.6 is 0 Å². The Kier molecular flexibility index (Phi) is 6.07. The Hall–Kier alpha value is -3.22. The quantitative estimate of drug-likeness (QED) is 0.653. The number of anilines is 1. The third kappa shape index (κ3) is 4.35. The maximum atomic E-state index is 13.7. The van der Waals surface area contributed by atoms with Gasteiger partial charge in [0.05, 0.1) is 11.0 Å². The van der Waals surface area contributed by atoms with E-state index in [0.29, 0.717) is 24.3 Å². The first-order chi connectivity index (χ1) is 14.6. The average molecular weight is 408 g/mol. The molecule has 4 rings (SSSR count). The largest absolute Gasteiger partial charge is 0.356 e. The molecule has 2 aromatic carbocycles. The summed E-state index contributed by atoms with van der Waals surface area (Å²) in [5.74, 6) is 0.0315. The van der Waals surface area contributed by atoms with Crippen molar-refractivity contribution >= 4 is 22.8 Å². The Bertz CT molecular complexity index is 1110. The smallest absolute Gasteiger partial charge is 0.294 e. The number of hydrogen-bond acceptors (Lipinski definition) is 4. The molecule has 1 saturated heterocycles. The van der Waals surface area contributed by atoms with Crippen LogP contribution in [0.25, 0.3) is 11.0 Å². The molecule has 1 aliphatic heterocycles. The highest BCUT2D eigenvalue weighted by molar-refractivity contribution is 5.78. The van der Waals surface area contributed by atoms with E-state index in [1.807, 2.05) is 29.2 Å². The fourth-order valence-electron chi connectivity index (χ4n) is 3.88. The molecular formula is C23H25FN4O2. The number of hydrogen-bond donors (Lipinski definition) is 1. The molecule has 156 valence electrons. The number of nitrogens with one attached hydrogen (secondary N) is 1. The van der Waals surface area contributed by atoms with E-state index in [2.05, 4.69) is 10.3 Å². The molecule has 1 fully saturated rings. The van der Waals surface area contributed by atoms with E-state index >= 15 is 0 Å². The van der Waals surface area contributed by atoms with Crippen LogP contribution in [-0.4, -0.2) is 35.1 Å². The van der Waals surface area contributed by atoms with Gasteiger partial charge in [0.15, 0.2) is 5.82 Å². The summed E-state index contributed by atoms with van der Waals surface area (Å²) >= 11 is 0. The van der Waals surface area contributed by atoms with E-state index in [4.69, 9.17) is 0 Å². The number of benzene rings is 2. The fourth-order valence-corrected chi connectivity index (χ4v) is 3.88. The standard InChI is InChI=1S/C23H25FN4O2/c24-18-8-2-1-7-17(18)11-13-25-21(29)12-16-28-20-10-4-3-9-19(20)26-22(23(28)30)27-14-5-6-15-27/h1-4,7-10H,5-6,11-16H2,(H,25,29). The first-order valence-corrected chi connectivity index (χ1v) is 10.4. The summed E-state index contributed by atoms with van der Waals surface area (Å²) in [6, 6.07) is 14.0. The Labute approximate surface area is 174 Å². The van der Waals surface area contributed by atoms with Crippen molar-refractivity contribution in [3.05, 3.63) is 70.3 Å². The molecule has 0 saturated carbocycles. The Morgan fingerprint density at radius 2 is 1.80 bits per heavy atom. The van der Waals surface area contributed by atoms with Crippen LogP contribution in [0, 0.1) is 5.82 Å². The minimum Gasteiger partial charge on any atom is -0.356 e. The molecule has 1 N–H and O–H groups in total. The van der Waals surface area contributed by atoms with Crippen molar-refractivity contribution in [2.75, 3.05) is 24.5 Å². The minimum atomic E-state index is -0.268. The summed E-state index contributed by atoms with van der Waals surface area (Å²) in [6.45, 7) is 2.28. The van der Waals surface area contributed by atoms with Gasteiger partial charge in [0, 0.05) is 32.6 Å². The van der Waals surface area contributed by atoms with Crippen molar-refractivity contribution in [3.8, 4) is 0 Å². The van der Waals surface area contributed by atoms with Crippen molar-refractivity contribution in [1.82, 2.24) is 14.9 Å². The third-order valence-corrected chi connectivity index (χ3v) is 5.48. The molecule has 0 radical (unpaired) electrons. The predicted molar refractivity (Wildman–Crippen MR) is 115 cm³/mol. The molecule has 6 nitrogen and oxygen atoms in total. The Morgan fingerprint density at radius 1 is 1.07 bits per heavy atom. The topological polar surface area (TPSA) is 67.2 Å². The molecule has 0 unspecified atom stereocenters. The lowest BCUT2D eigenvalue weighted by molar-refractivity contribution is -0.121. The molecular weight excluding hydrogens is 383 g/mol. The number of nitrogens with zero attached hydrogens (tertiary/aromatic N) is 3. The van der Waals surface area contributed by atoms with Gasteiger partial charge in [-0.25, -0.2) is 9.37 Å². The SMILES string of the molecule is O=C(CCn1c(=O)c(N2CCCC2)nc2ccccc21)NCCc1ccccc1F. The van der Waals surface area contributed by atoms with Gasteiger partial charge in [-0.3, -0.25) is 9.59 Å². The number of carbonyl (C=O) groups excluding carboxylic acids is 1. The van der Waals surface area contributed by atoms with Crippen LogP contribution in [0.3, 0.4) is 0 Å². The van der Waals surface area contributed by atoms with Gasteiger partial charge in [0.2, 0.25) is 5.91 Å². The van der Waals surface area contributed by atoms with Gasteiger partial charge in [-0.1, -0.05) is 30.3 Å². The molecule has 0 spiro atoms. The van der Waals surface area contributed by atoms with Crippen LogP contribution in [0.15, 0.2) is 53.3 Å². The molecule has 3 aromatic rings. The predicted octanol–water partition coefficient (Wildman–Crippen LogP) is 2.88. The second kappa shape index (κ2) is 9.07. The summed E-state index contributed by atoms with van der Waals surface area (Å²) in [6.07, 6.45) is 2.71. The van der Waals surface area contributed by atoms with Crippen LogP contribution in [0.4, 0.5) is 10.2 Å². The molecule has 2 heterocycles. The highest BCUT2D eigenvalue weighted by Crippen LogP contribution is 2.18. The van der Waals surface area contributed by atoms with Crippen molar-refractivity contribution in [2.24, 2.45) is 0 Å². The first-order valence-electron chi connectivity index (χ1n) is 10.4. The fraction of sp³-hybridized carbons (Fsp3) is 0.348. The highest BCUT2D eigenvalue weighted by atomic mass is 19.1. The summed E-state index contributed by atoms with van der Waals surface area (Å²) < 4.78 is 15.3. The number of para-hydroxylation sites is 2. The van der Waals surface area contributed by atoms with Gasteiger partial charge in [0.25, 0.3) is 5.56 Å². The molecule has 30 heavy (non-hydrogen) atoms. The average Bonchev–Trinajstić information content (AvgIpc) is 3.29. The van der Waals surface area contributed by atoms with Gasteiger partial charge < -0.3 is 14.8 Å². The van der Waals surface area contributed by atoms with Crippen LogP contribution < -0.4 is 15.8 Å². The molecule has 0 atom stereocenters. The normalized spacial score (nSPS) is 13.7. The maximum absolute atomic E-state index is 13.7. The van der Waals surface area contributed by atoms with Crippen molar-refractivity contribution in [3.63, 3.8) is 0 Å². The third-order valence-electron chi connectivity index (χ3n) is 5.48. The van der Waals surface area contributed by atoms with E-state index in [1.165, 1.54) is 6.07 Å². The monoisotopic (exact) mass is 408 g/mol. The lowest BCUT2D eigenvalue weighted by atomic mass is 10.1. The van der Waals surface area contributed by atoms with Crippen LogP contribution in [-0.2, 0) is 17.8 Å². The van der Waals surface area contributed by atoms with E-state index in [-0.39, 0.29) is 30.2 Å². The molecule has 7 heteroatoms. The van der Waals surface area contributed by atoms with Gasteiger partial charge in [0.1, 0.15) is 5.82 Å². The van der Waals surface area contributed by atoms with Crippen LogP contribution in [0.1, 0.15) is 24.8 Å². The number of carbonyl (C=O) groups is 1. The Balaban J connectivity index is 1.45. The van der Waals surface area contributed by atoms with E-state index in [0.717, 1.165) is 37.0 Å². The second-order valence-corrected chi connectivity index (χ2v) is 7.52. The zero-order chi connectivity index (χ0) is 20.9. The zero-order valence-corrected chi connectivity index (χ0v) is 16.8. The molecule has 1 aliphatic rings. The van der Waals surface area contributed by atoms with Crippen molar-refractivity contribution < 1.29 is 9.18 Å². The first kappa shape index (κ1) is 20.1. The number of aromatic nitrogens is 2. The summed E-state index contributed by atoms with van der Waals surface area (Å²) in [7, 11) is 0. The molecule has 1 aromatic heterocycles. The van der Waals surface area contributed by atoms with E-state index in [9.17, 15) is 14.0 Å². The van der Waals surface area contributed by atoms with Gasteiger partial charge in [-0.05, 0) is 43.0 Å². The number of amides is 1. The van der Waals surface area contributed by atoms with Gasteiger partial charge in [-0.2, -0.15) is 0 Å². The molecule has 0 aliphatic carbocycles. The number of rotatable bonds is 7. The molecule has 0 bridgehead atoms.